The fraction of sp³-hybridized carbons (Fsp3) is 0.353. The molecule has 0 saturated carbocycles. The Bertz CT molecular complexity index is 930. The maximum Gasteiger partial charge on any atom is 0.336 e. The first-order valence-corrected chi connectivity index (χ1v) is 9.56. The van der Waals surface area contributed by atoms with E-state index in [0.717, 1.165) is 6.42 Å². The van der Waals surface area contributed by atoms with Crippen LogP contribution in [-0.2, 0) is 10.2 Å². The van der Waals surface area contributed by atoms with Crippen molar-refractivity contribution in [3.05, 3.63) is 47.9 Å². The first-order valence-electron chi connectivity index (χ1n) is 8.16. The van der Waals surface area contributed by atoms with Gasteiger partial charge in [0, 0.05) is 26.2 Å². The van der Waals surface area contributed by atoms with Gasteiger partial charge in [-0.15, -0.1) is 0 Å². The standard InChI is InChI=1S/C17H20N4O4S/c1-20(2)26(24,25)21-9-5-8-16(21)15-11-18-10-14(19-15)12-6-3-4-7-13(12)17(22)23/h3-4,6-7,10-11,16H,5,8-9H2,1-2H3,(H,22,23)/t16-/m1/s1. The van der Waals surface area contributed by atoms with E-state index in [0.29, 0.717) is 29.9 Å². The molecule has 26 heavy (non-hydrogen) atoms. The molecule has 1 aliphatic rings. The zero-order valence-corrected chi connectivity index (χ0v) is 15.3. The number of carbonyl (C=O) groups is 1. The van der Waals surface area contributed by atoms with Gasteiger partial charge in [0.15, 0.2) is 0 Å². The lowest BCUT2D eigenvalue weighted by molar-refractivity contribution is 0.0697. The monoisotopic (exact) mass is 376 g/mol. The van der Waals surface area contributed by atoms with Crippen LogP contribution in [0.1, 0.15) is 34.9 Å². The normalized spacial score (nSPS) is 18.3. The van der Waals surface area contributed by atoms with Gasteiger partial charge in [-0.3, -0.25) is 4.98 Å². The second-order valence-electron chi connectivity index (χ2n) is 6.24. The lowest BCUT2D eigenvalue weighted by Gasteiger charge is -2.26. The Balaban J connectivity index is 2.02. The second-order valence-corrected chi connectivity index (χ2v) is 8.33. The van der Waals surface area contributed by atoms with Crippen LogP contribution in [-0.4, -0.2) is 58.7 Å². The molecule has 1 aromatic heterocycles. The van der Waals surface area contributed by atoms with Gasteiger partial charge >= 0.3 is 5.97 Å². The van der Waals surface area contributed by atoms with E-state index in [1.807, 2.05) is 0 Å². The number of aromatic carboxylic acids is 1. The van der Waals surface area contributed by atoms with Crippen LogP contribution in [0.25, 0.3) is 11.3 Å². The molecule has 1 aromatic carbocycles. The van der Waals surface area contributed by atoms with E-state index in [2.05, 4.69) is 9.97 Å². The molecule has 1 aliphatic heterocycles. The summed E-state index contributed by atoms with van der Waals surface area (Å²) in [5, 5.41) is 9.38. The van der Waals surface area contributed by atoms with Crippen molar-refractivity contribution in [2.45, 2.75) is 18.9 Å². The van der Waals surface area contributed by atoms with Gasteiger partial charge in [0.05, 0.1) is 35.4 Å². The quantitative estimate of drug-likeness (QED) is 0.853. The van der Waals surface area contributed by atoms with Crippen molar-refractivity contribution in [2.24, 2.45) is 0 Å². The van der Waals surface area contributed by atoms with Gasteiger partial charge in [0.1, 0.15) is 0 Å². The summed E-state index contributed by atoms with van der Waals surface area (Å²) in [6.07, 6.45) is 4.41. The SMILES string of the molecule is CN(C)S(=O)(=O)N1CCC[C@@H]1c1cncc(-c2ccccc2C(=O)O)n1. The van der Waals surface area contributed by atoms with Gasteiger partial charge in [-0.1, -0.05) is 18.2 Å². The summed E-state index contributed by atoms with van der Waals surface area (Å²) in [5.41, 5.74) is 1.51. The fourth-order valence-electron chi connectivity index (χ4n) is 3.09. The van der Waals surface area contributed by atoms with Gasteiger partial charge < -0.3 is 5.11 Å². The van der Waals surface area contributed by atoms with Crippen molar-refractivity contribution < 1.29 is 18.3 Å². The zero-order chi connectivity index (χ0) is 18.9. The minimum atomic E-state index is -3.57. The zero-order valence-electron chi connectivity index (χ0n) is 14.5. The third-order valence-electron chi connectivity index (χ3n) is 4.39. The molecule has 1 fully saturated rings. The Morgan fingerprint density at radius 1 is 1.27 bits per heavy atom. The molecule has 3 rings (SSSR count). The summed E-state index contributed by atoms with van der Waals surface area (Å²) in [6.45, 7) is 0.419. The van der Waals surface area contributed by atoms with Crippen molar-refractivity contribution in [1.29, 1.82) is 0 Å². The highest BCUT2D eigenvalue weighted by Crippen LogP contribution is 2.34. The number of rotatable bonds is 5. The molecular weight excluding hydrogens is 356 g/mol. The number of aromatic nitrogens is 2. The summed E-state index contributed by atoms with van der Waals surface area (Å²) in [4.78, 5) is 20.2. The highest BCUT2D eigenvalue weighted by molar-refractivity contribution is 7.86. The van der Waals surface area contributed by atoms with Crippen LogP contribution in [0, 0.1) is 0 Å². The first kappa shape index (κ1) is 18.4. The van der Waals surface area contributed by atoms with E-state index in [-0.39, 0.29) is 5.56 Å². The van der Waals surface area contributed by atoms with Crippen molar-refractivity contribution >= 4 is 16.2 Å². The molecule has 9 heteroatoms. The predicted molar refractivity (Wildman–Crippen MR) is 95.7 cm³/mol. The average Bonchev–Trinajstić information content (AvgIpc) is 3.12. The summed E-state index contributed by atoms with van der Waals surface area (Å²) < 4.78 is 27.7. The molecule has 1 saturated heterocycles. The van der Waals surface area contributed by atoms with Gasteiger partial charge in [-0.05, 0) is 18.9 Å². The summed E-state index contributed by atoms with van der Waals surface area (Å²) in [6, 6.07) is 6.14. The van der Waals surface area contributed by atoms with Crippen LogP contribution in [0.2, 0.25) is 0 Å². The minimum absolute atomic E-state index is 0.128. The number of carboxylic acid groups (broad SMARTS) is 1. The van der Waals surface area contributed by atoms with E-state index in [4.69, 9.17) is 0 Å². The summed E-state index contributed by atoms with van der Waals surface area (Å²) in [7, 11) is -0.576. The van der Waals surface area contributed by atoms with Gasteiger partial charge in [-0.2, -0.15) is 17.0 Å². The van der Waals surface area contributed by atoms with Crippen molar-refractivity contribution in [3.63, 3.8) is 0 Å². The summed E-state index contributed by atoms with van der Waals surface area (Å²) >= 11 is 0. The molecule has 1 atom stereocenters. The van der Waals surface area contributed by atoms with Crippen LogP contribution >= 0.6 is 0 Å². The molecule has 0 spiro atoms. The minimum Gasteiger partial charge on any atom is -0.478 e. The Kier molecular flexibility index (Phi) is 5.03. The molecule has 0 radical (unpaired) electrons. The highest BCUT2D eigenvalue weighted by Gasteiger charge is 2.37. The van der Waals surface area contributed by atoms with Gasteiger partial charge in [0.2, 0.25) is 0 Å². The lowest BCUT2D eigenvalue weighted by atomic mass is 10.0. The van der Waals surface area contributed by atoms with Crippen molar-refractivity contribution in [1.82, 2.24) is 18.6 Å². The van der Waals surface area contributed by atoms with Crippen LogP contribution in [0.4, 0.5) is 0 Å². The molecule has 2 aromatic rings. The molecule has 1 N–H and O–H groups in total. The lowest BCUT2D eigenvalue weighted by Crippen LogP contribution is -2.39. The van der Waals surface area contributed by atoms with E-state index in [1.165, 1.54) is 35.0 Å². The molecule has 0 aliphatic carbocycles. The van der Waals surface area contributed by atoms with Crippen LogP contribution < -0.4 is 0 Å². The van der Waals surface area contributed by atoms with Crippen LogP contribution in [0.15, 0.2) is 36.7 Å². The molecule has 8 nitrogen and oxygen atoms in total. The summed E-state index contributed by atoms with van der Waals surface area (Å²) in [5.74, 6) is -1.05. The Morgan fingerprint density at radius 2 is 2.00 bits per heavy atom. The van der Waals surface area contributed by atoms with E-state index < -0.39 is 22.2 Å². The van der Waals surface area contributed by atoms with Crippen molar-refractivity contribution in [3.8, 4) is 11.3 Å². The Hall–Kier alpha value is -2.36. The smallest absolute Gasteiger partial charge is 0.336 e. The van der Waals surface area contributed by atoms with Gasteiger partial charge in [-0.25, -0.2) is 9.78 Å². The molecule has 2 heterocycles. The van der Waals surface area contributed by atoms with Crippen molar-refractivity contribution in [2.75, 3.05) is 20.6 Å². The molecule has 138 valence electrons. The fourth-order valence-corrected chi connectivity index (χ4v) is 4.40. The maximum absolute atomic E-state index is 12.5. The van der Waals surface area contributed by atoms with E-state index >= 15 is 0 Å². The third-order valence-corrected chi connectivity index (χ3v) is 6.34. The van der Waals surface area contributed by atoms with E-state index in [1.54, 1.807) is 24.4 Å². The molecular formula is C17H20N4O4S. The molecule has 0 bridgehead atoms. The Labute approximate surface area is 152 Å². The Morgan fingerprint density at radius 3 is 2.69 bits per heavy atom. The van der Waals surface area contributed by atoms with E-state index in [9.17, 15) is 18.3 Å². The second kappa shape index (κ2) is 7.10. The third kappa shape index (κ3) is 3.33. The first-order chi connectivity index (χ1) is 12.3. The number of hydrogen-bond acceptors (Lipinski definition) is 5. The topological polar surface area (TPSA) is 104 Å². The average molecular weight is 376 g/mol. The molecule has 0 amide bonds. The molecule has 0 unspecified atom stereocenters. The van der Waals surface area contributed by atoms with Crippen LogP contribution in [0.5, 0.6) is 0 Å². The number of nitrogens with zero attached hydrogens (tertiary/aromatic N) is 4. The highest BCUT2D eigenvalue weighted by atomic mass is 32.2. The maximum atomic E-state index is 12.5. The van der Waals surface area contributed by atoms with Gasteiger partial charge in [0.25, 0.3) is 10.2 Å². The number of hydrogen-bond donors (Lipinski definition) is 1. The largest absolute Gasteiger partial charge is 0.478 e. The number of carboxylic acids is 1. The predicted octanol–water partition coefficient (Wildman–Crippen LogP) is 1.79. The number of benzene rings is 1. The van der Waals surface area contributed by atoms with Crippen LogP contribution in [0.3, 0.4) is 0 Å².